The number of amides is 1. The summed E-state index contributed by atoms with van der Waals surface area (Å²) in [6, 6.07) is 0. The van der Waals surface area contributed by atoms with Gasteiger partial charge in [-0.25, -0.2) is 14.2 Å². The van der Waals surface area contributed by atoms with E-state index < -0.39 is 11.9 Å². The van der Waals surface area contributed by atoms with Crippen LogP contribution in [-0.2, 0) is 0 Å². The van der Waals surface area contributed by atoms with Crippen molar-refractivity contribution in [2.24, 2.45) is 0 Å². The van der Waals surface area contributed by atoms with Crippen molar-refractivity contribution in [3.05, 3.63) is 12.0 Å². The number of unbranched alkanes of at least 4 members (excludes halogenated alkanes) is 4. The lowest BCUT2D eigenvalue weighted by atomic mass is 10.1. The monoisotopic (exact) mass is 230 g/mol. The standard InChI is InChI=1S/C11H19FN2O2/c1-2-3-4-5-6-7-13-8-10(12)9-14(13)11(15)16/h8H,2-7,9H2,1H3,(H,15,16). The molecule has 1 heterocycles. The number of hydrogen-bond acceptors (Lipinski definition) is 2. The highest BCUT2D eigenvalue weighted by molar-refractivity contribution is 5.65. The molecule has 0 saturated carbocycles. The molecule has 1 amide bonds. The van der Waals surface area contributed by atoms with E-state index in [1.807, 2.05) is 0 Å². The Kier molecular flexibility index (Phi) is 5.08. The summed E-state index contributed by atoms with van der Waals surface area (Å²) >= 11 is 0. The largest absolute Gasteiger partial charge is 0.464 e. The molecule has 16 heavy (non-hydrogen) atoms. The summed E-state index contributed by atoms with van der Waals surface area (Å²) < 4.78 is 12.9. The Hall–Kier alpha value is -1.26. The van der Waals surface area contributed by atoms with Crippen LogP contribution in [0, 0.1) is 0 Å². The summed E-state index contributed by atoms with van der Waals surface area (Å²) in [5.41, 5.74) is 0. The summed E-state index contributed by atoms with van der Waals surface area (Å²) in [4.78, 5) is 10.8. The van der Waals surface area contributed by atoms with Crippen molar-refractivity contribution in [1.82, 2.24) is 10.0 Å². The average molecular weight is 230 g/mol. The van der Waals surface area contributed by atoms with E-state index in [-0.39, 0.29) is 6.54 Å². The minimum Gasteiger partial charge on any atom is -0.464 e. The molecule has 0 aliphatic carbocycles. The molecule has 1 aliphatic rings. The van der Waals surface area contributed by atoms with Crippen LogP contribution in [0.1, 0.15) is 39.0 Å². The van der Waals surface area contributed by atoms with E-state index in [0.717, 1.165) is 24.3 Å². The molecule has 0 fully saturated rings. The first kappa shape index (κ1) is 12.8. The third-order valence-corrected chi connectivity index (χ3v) is 2.61. The first-order valence-corrected chi connectivity index (χ1v) is 5.78. The maximum Gasteiger partial charge on any atom is 0.426 e. The van der Waals surface area contributed by atoms with Crippen molar-refractivity contribution < 1.29 is 14.3 Å². The second-order valence-corrected chi connectivity index (χ2v) is 3.99. The molecule has 5 heteroatoms. The van der Waals surface area contributed by atoms with Gasteiger partial charge >= 0.3 is 6.09 Å². The first-order chi connectivity index (χ1) is 7.65. The molecule has 0 atom stereocenters. The Labute approximate surface area is 95.3 Å². The Morgan fingerprint density at radius 3 is 2.75 bits per heavy atom. The van der Waals surface area contributed by atoms with E-state index in [4.69, 9.17) is 5.11 Å². The lowest BCUT2D eigenvalue weighted by molar-refractivity contribution is 0.0480. The normalized spacial score (nSPS) is 15.5. The second-order valence-electron chi connectivity index (χ2n) is 3.99. The summed E-state index contributed by atoms with van der Waals surface area (Å²) in [5, 5.41) is 11.3. The first-order valence-electron chi connectivity index (χ1n) is 5.78. The van der Waals surface area contributed by atoms with Crippen molar-refractivity contribution in [2.45, 2.75) is 39.0 Å². The Balaban J connectivity index is 2.26. The molecule has 0 aromatic rings. The molecule has 0 spiro atoms. The molecule has 0 aromatic heterocycles. The predicted octanol–water partition coefficient (Wildman–Crippen LogP) is 2.98. The van der Waals surface area contributed by atoms with Crippen LogP contribution < -0.4 is 0 Å². The van der Waals surface area contributed by atoms with Crippen molar-refractivity contribution in [3.8, 4) is 0 Å². The number of carbonyl (C=O) groups is 1. The zero-order chi connectivity index (χ0) is 12.0. The van der Waals surface area contributed by atoms with E-state index in [1.165, 1.54) is 24.1 Å². The van der Waals surface area contributed by atoms with E-state index in [0.29, 0.717) is 6.54 Å². The maximum atomic E-state index is 12.9. The summed E-state index contributed by atoms with van der Waals surface area (Å²) in [6.45, 7) is 2.57. The van der Waals surface area contributed by atoms with E-state index in [2.05, 4.69) is 6.92 Å². The Morgan fingerprint density at radius 2 is 2.12 bits per heavy atom. The van der Waals surface area contributed by atoms with Crippen molar-refractivity contribution in [3.63, 3.8) is 0 Å². The van der Waals surface area contributed by atoms with Gasteiger partial charge in [0.15, 0.2) is 0 Å². The van der Waals surface area contributed by atoms with Gasteiger partial charge in [0, 0.05) is 6.54 Å². The van der Waals surface area contributed by atoms with Crippen LogP contribution in [0.15, 0.2) is 12.0 Å². The molecule has 0 bridgehead atoms. The van der Waals surface area contributed by atoms with E-state index in [9.17, 15) is 9.18 Å². The van der Waals surface area contributed by atoms with Crippen molar-refractivity contribution in [1.29, 1.82) is 0 Å². The van der Waals surface area contributed by atoms with E-state index in [1.54, 1.807) is 0 Å². The van der Waals surface area contributed by atoms with Gasteiger partial charge in [0.05, 0.1) is 12.7 Å². The Morgan fingerprint density at radius 1 is 1.44 bits per heavy atom. The molecule has 1 rings (SSSR count). The molecule has 0 saturated heterocycles. The van der Waals surface area contributed by atoms with Crippen LogP contribution in [0.3, 0.4) is 0 Å². The second kappa shape index (κ2) is 6.35. The number of hydrazine groups is 1. The third-order valence-electron chi connectivity index (χ3n) is 2.61. The van der Waals surface area contributed by atoms with E-state index >= 15 is 0 Å². The summed E-state index contributed by atoms with van der Waals surface area (Å²) in [5.74, 6) is -0.393. The minimum absolute atomic E-state index is 0.149. The smallest absolute Gasteiger partial charge is 0.426 e. The fourth-order valence-electron chi connectivity index (χ4n) is 1.75. The van der Waals surface area contributed by atoms with Gasteiger partial charge in [-0.05, 0) is 6.42 Å². The van der Waals surface area contributed by atoms with Gasteiger partial charge in [-0.3, -0.25) is 5.01 Å². The SMILES string of the molecule is CCCCCCCN1C=C(F)CN1C(=O)O. The highest BCUT2D eigenvalue weighted by atomic mass is 19.1. The number of nitrogens with zero attached hydrogens (tertiary/aromatic N) is 2. The molecule has 1 aliphatic heterocycles. The van der Waals surface area contributed by atoms with Crippen molar-refractivity contribution >= 4 is 6.09 Å². The van der Waals surface area contributed by atoms with Gasteiger partial charge in [0.25, 0.3) is 0 Å². The van der Waals surface area contributed by atoms with Crippen LogP contribution in [0.2, 0.25) is 0 Å². The van der Waals surface area contributed by atoms with Gasteiger partial charge in [0.2, 0.25) is 0 Å². The molecule has 1 N–H and O–H groups in total. The van der Waals surface area contributed by atoms with Gasteiger partial charge in [0.1, 0.15) is 5.83 Å². The zero-order valence-electron chi connectivity index (χ0n) is 9.65. The minimum atomic E-state index is -1.10. The highest BCUT2D eigenvalue weighted by Gasteiger charge is 2.25. The molecular weight excluding hydrogens is 211 g/mol. The lowest BCUT2D eigenvalue weighted by Crippen LogP contribution is -2.39. The van der Waals surface area contributed by atoms with Crippen LogP contribution in [-0.4, -0.2) is 34.3 Å². The van der Waals surface area contributed by atoms with Gasteiger partial charge < -0.3 is 5.11 Å². The third kappa shape index (κ3) is 3.72. The zero-order valence-corrected chi connectivity index (χ0v) is 9.65. The van der Waals surface area contributed by atoms with Gasteiger partial charge in [-0.1, -0.05) is 32.6 Å². The molecule has 4 nitrogen and oxygen atoms in total. The predicted molar refractivity (Wildman–Crippen MR) is 59.4 cm³/mol. The van der Waals surface area contributed by atoms with Crippen LogP contribution >= 0.6 is 0 Å². The molecule has 0 unspecified atom stereocenters. The van der Waals surface area contributed by atoms with Crippen LogP contribution in [0.25, 0.3) is 0 Å². The number of hydrogen-bond donors (Lipinski definition) is 1. The fourth-order valence-corrected chi connectivity index (χ4v) is 1.75. The molecule has 92 valence electrons. The van der Waals surface area contributed by atoms with Gasteiger partial charge in [-0.2, -0.15) is 0 Å². The summed E-state index contributed by atoms with van der Waals surface area (Å²) in [6.07, 6.45) is 5.67. The highest BCUT2D eigenvalue weighted by Crippen LogP contribution is 2.17. The number of carboxylic acid groups (broad SMARTS) is 1. The fraction of sp³-hybridized carbons (Fsp3) is 0.727. The summed E-state index contributed by atoms with van der Waals surface area (Å²) in [7, 11) is 0. The van der Waals surface area contributed by atoms with Crippen molar-refractivity contribution in [2.75, 3.05) is 13.1 Å². The lowest BCUT2D eigenvalue weighted by Gasteiger charge is -2.25. The average Bonchev–Trinajstić information content (AvgIpc) is 2.59. The molecule has 0 radical (unpaired) electrons. The number of halogens is 1. The molecular formula is C11H19FN2O2. The topological polar surface area (TPSA) is 43.8 Å². The molecule has 0 aromatic carbocycles. The van der Waals surface area contributed by atoms with Crippen LogP contribution in [0.4, 0.5) is 9.18 Å². The van der Waals surface area contributed by atoms with Gasteiger partial charge in [-0.15, -0.1) is 0 Å². The quantitative estimate of drug-likeness (QED) is 0.713. The maximum absolute atomic E-state index is 12.9. The number of rotatable bonds is 6. The Bertz CT molecular complexity index is 269. The van der Waals surface area contributed by atoms with Crippen LogP contribution in [0.5, 0.6) is 0 Å².